The number of hydrogen-bond donors (Lipinski definition) is 2. The van der Waals surface area contributed by atoms with Crippen LogP contribution in [0.3, 0.4) is 0 Å². The van der Waals surface area contributed by atoms with E-state index >= 15 is 0 Å². The third-order valence-electron chi connectivity index (χ3n) is 4.28. The fourth-order valence-electron chi connectivity index (χ4n) is 3.11. The zero-order valence-electron chi connectivity index (χ0n) is 16.8. The highest BCUT2D eigenvalue weighted by Gasteiger charge is 2.20. The molecule has 10 nitrogen and oxygen atoms in total. The van der Waals surface area contributed by atoms with Crippen LogP contribution in [0.5, 0.6) is 0 Å². The van der Waals surface area contributed by atoms with Crippen molar-refractivity contribution in [2.75, 3.05) is 0 Å². The van der Waals surface area contributed by atoms with Gasteiger partial charge in [0.05, 0.1) is 17.6 Å². The number of primary amides is 1. The number of aromatic nitrogens is 6. The van der Waals surface area contributed by atoms with E-state index in [1.54, 1.807) is 29.2 Å². The zero-order chi connectivity index (χ0) is 22.5. The summed E-state index contributed by atoms with van der Waals surface area (Å²) in [6.45, 7) is 3.82. The van der Waals surface area contributed by atoms with Crippen molar-refractivity contribution in [3.8, 4) is 17.2 Å². The Kier molecular flexibility index (Phi) is 6.61. The summed E-state index contributed by atoms with van der Waals surface area (Å²) < 4.78 is 3.56. The highest BCUT2D eigenvalue weighted by Crippen LogP contribution is 2.28. The van der Waals surface area contributed by atoms with Crippen molar-refractivity contribution in [2.24, 2.45) is 5.73 Å². The van der Waals surface area contributed by atoms with Crippen LogP contribution in [0.4, 0.5) is 0 Å². The first-order valence-corrected chi connectivity index (χ1v) is 9.64. The van der Waals surface area contributed by atoms with Gasteiger partial charge in [0.1, 0.15) is 5.69 Å². The summed E-state index contributed by atoms with van der Waals surface area (Å²) >= 11 is 6.11. The predicted molar refractivity (Wildman–Crippen MR) is 115 cm³/mol. The van der Waals surface area contributed by atoms with Crippen LogP contribution < -0.4 is 5.73 Å². The van der Waals surface area contributed by atoms with Crippen LogP contribution in [0, 0.1) is 0 Å². The van der Waals surface area contributed by atoms with Gasteiger partial charge in [0, 0.05) is 28.8 Å². The third-order valence-corrected chi connectivity index (χ3v) is 4.52. The molecule has 0 bridgehead atoms. The van der Waals surface area contributed by atoms with Gasteiger partial charge >= 0.3 is 0 Å². The number of hydrogen-bond acceptors (Lipinski definition) is 6. The van der Waals surface area contributed by atoms with E-state index < -0.39 is 5.91 Å². The van der Waals surface area contributed by atoms with Gasteiger partial charge in [-0.3, -0.25) is 19.3 Å². The largest absolute Gasteiger partial charge is 0.483 e. The van der Waals surface area contributed by atoms with Crippen LogP contribution in [0.15, 0.2) is 42.7 Å². The highest BCUT2D eigenvalue weighted by atomic mass is 35.5. The van der Waals surface area contributed by atoms with Crippen molar-refractivity contribution >= 4 is 34.9 Å². The first-order chi connectivity index (χ1) is 14.8. The maximum Gasteiger partial charge on any atom is 0.290 e. The molecule has 31 heavy (non-hydrogen) atoms. The second-order valence-electron chi connectivity index (χ2n) is 6.76. The number of rotatable bonds is 5. The maximum absolute atomic E-state index is 11.4. The first-order valence-electron chi connectivity index (χ1n) is 9.26. The second kappa shape index (κ2) is 9.35. The van der Waals surface area contributed by atoms with Gasteiger partial charge in [-0.1, -0.05) is 11.6 Å². The summed E-state index contributed by atoms with van der Waals surface area (Å²) in [6.07, 6.45) is 3.35. The number of nitrogens with zero attached hydrogens (tertiary/aromatic N) is 6. The molecule has 0 saturated carbocycles. The van der Waals surface area contributed by atoms with Gasteiger partial charge in [0.2, 0.25) is 5.91 Å². The number of carboxylic acid groups (broad SMARTS) is 1. The number of pyridine rings is 1. The number of carbonyl (C=O) groups is 2. The van der Waals surface area contributed by atoms with E-state index in [4.69, 9.17) is 27.2 Å². The van der Waals surface area contributed by atoms with Gasteiger partial charge in [0.25, 0.3) is 6.47 Å². The smallest absolute Gasteiger partial charge is 0.290 e. The van der Waals surface area contributed by atoms with Crippen LogP contribution in [0.25, 0.3) is 28.1 Å². The lowest BCUT2D eigenvalue weighted by atomic mass is 10.2. The monoisotopic (exact) mass is 441 g/mol. The van der Waals surface area contributed by atoms with E-state index in [0.717, 1.165) is 22.3 Å². The topological polar surface area (TPSA) is 142 Å². The quantitative estimate of drug-likeness (QED) is 0.453. The van der Waals surface area contributed by atoms with Crippen molar-refractivity contribution in [1.82, 2.24) is 29.5 Å². The minimum Gasteiger partial charge on any atom is -0.483 e. The molecule has 4 rings (SSSR count). The van der Waals surface area contributed by atoms with E-state index in [-0.39, 0.29) is 18.9 Å². The molecule has 3 heterocycles. The molecule has 3 aromatic heterocycles. The lowest BCUT2D eigenvalue weighted by molar-refractivity contribution is -0.123. The number of fused-ring (bicyclic) bond motifs is 1. The molecule has 3 N–H and O–H groups in total. The molecule has 0 aliphatic carbocycles. The average molecular weight is 442 g/mol. The van der Waals surface area contributed by atoms with E-state index in [2.05, 4.69) is 20.2 Å². The molecule has 4 aromatic rings. The van der Waals surface area contributed by atoms with Crippen LogP contribution in [0.1, 0.15) is 25.7 Å². The van der Waals surface area contributed by atoms with Gasteiger partial charge in [-0.05, 0) is 44.2 Å². The van der Waals surface area contributed by atoms with Gasteiger partial charge in [0.15, 0.2) is 11.6 Å². The van der Waals surface area contributed by atoms with Crippen molar-refractivity contribution in [3.05, 3.63) is 53.6 Å². The molecule has 0 radical (unpaired) electrons. The van der Waals surface area contributed by atoms with Crippen molar-refractivity contribution in [2.45, 2.75) is 26.3 Å². The molecular formula is C20H20ClN7O3. The Balaban J connectivity index is 0.000000858. The minimum atomic E-state index is -0.493. The lowest BCUT2D eigenvalue weighted by Crippen LogP contribution is -2.14. The van der Waals surface area contributed by atoms with Crippen LogP contribution in [-0.4, -0.2) is 47.0 Å². The maximum atomic E-state index is 11.4. The summed E-state index contributed by atoms with van der Waals surface area (Å²) in [7, 11) is 0. The van der Waals surface area contributed by atoms with E-state index in [0.29, 0.717) is 16.7 Å². The molecular weight excluding hydrogens is 422 g/mol. The Bertz CT molecular complexity index is 1230. The molecule has 0 aliphatic rings. The molecule has 0 fully saturated rings. The molecule has 11 heteroatoms. The Morgan fingerprint density at radius 2 is 2.00 bits per heavy atom. The van der Waals surface area contributed by atoms with Crippen LogP contribution in [0.2, 0.25) is 5.02 Å². The highest BCUT2D eigenvalue weighted by molar-refractivity contribution is 6.31. The Morgan fingerprint density at radius 3 is 2.68 bits per heavy atom. The van der Waals surface area contributed by atoms with E-state index in [1.165, 1.54) is 0 Å². The minimum absolute atomic E-state index is 0.0509. The summed E-state index contributed by atoms with van der Waals surface area (Å²) in [5.41, 5.74) is 7.66. The summed E-state index contributed by atoms with van der Waals surface area (Å²) in [4.78, 5) is 28.8. The Morgan fingerprint density at radius 1 is 1.26 bits per heavy atom. The zero-order valence-corrected chi connectivity index (χ0v) is 17.6. The molecule has 1 amide bonds. The normalized spacial score (nSPS) is 10.7. The van der Waals surface area contributed by atoms with Crippen molar-refractivity contribution in [3.63, 3.8) is 0 Å². The van der Waals surface area contributed by atoms with Gasteiger partial charge in [-0.15, -0.1) is 0 Å². The number of benzene rings is 1. The number of nitrogens with two attached hydrogens (primary N) is 1. The van der Waals surface area contributed by atoms with Gasteiger partial charge in [-0.2, -0.15) is 10.2 Å². The van der Waals surface area contributed by atoms with E-state index in [9.17, 15) is 4.79 Å². The van der Waals surface area contributed by atoms with Crippen LogP contribution >= 0.6 is 11.6 Å². The third kappa shape index (κ3) is 4.69. The number of carbonyl (C=O) groups excluding carboxylic acids is 1. The summed E-state index contributed by atoms with van der Waals surface area (Å²) in [6, 6.07) is 9.32. The molecule has 0 saturated heterocycles. The average Bonchev–Trinajstić information content (AvgIpc) is 3.34. The number of halogens is 1. The van der Waals surface area contributed by atoms with Gasteiger partial charge < -0.3 is 10.8 Å². The van der Waals surface area contributed by atoms with Gasteiger partial charge in [-0.25, -0.2) is 9.67 Å². The number of amides is 1. The molecule has 0 unspecified atom stereocenters. The SMILES string of the molecule is CC(C)n1nccc1-c1nc(CC(N)=O)nn1-c1ccnc2cc(Cl)ccc12.O=CO. The Labute approximate surface area is 182 Å². The fraction of sp³-hybridized carbons (Fsp3) is 0.200. The predicted octanol–water partition coefficient (Wildman–Crippen LogP) is 2.64. The fourth-order valence-corrected chi connectivity index (χ4v) is 3.28. The van der Waals surface area contributed by atoms with Crippen LogP contribution in [-0.2, 0) is 16.0 Å². The second-order valence-corrected chi connectivity index (χ2v) is 7.19. The molecule has 0 atom stereocenters. The lowest BCUT2D eigenvalue weighted by Gasteiger charge is -2.12. The van der Waals surface area contributed by atoms with E-state index in [1.807, 2.05) is 36.7 Å². The summed E-state index contributed by atoms with van der Waals surface area (Å²) in [5, 5.41) is 17.3. The summed E-state index contributed by atoms with van der Waals surface area (Å²) in [5.74, 6) is 0.426. The standard InChI is InChI=1S/C19H18ClN7O.CH2O2/c1-11(2)26-16(6-8-23-26)19-24-18(10-17(21)28)25-27(19)15-5-7-22-14-9-12(20)3-4-13(14)15;2-1-3/h3-9,11H,10H2,1-2H3,(H2,21,28);1H,(H,2,3). The molecule has 0 aliphatic heterocycles. The van der Waals surface area contributed by atoms with Crippen molar-refractivity contribution in [1.29, 1.82) is 0 Å². The Hall–Kier alpha value is -3.79. The first kappa shape index (κ1) is 21.9. The molecule has 1 aromatic carbocycles. The molecule has 0 spiro atoms. The van der Waals surface area contributed by atoms with Crippen molar-refractivity contribution < 1.29 is 14.7 Å². The molecule has 160 valence electrons.